The Bertz CT molecular complexity index is 864. The molecule has 8 heteroatoms. The maximum atomic E-state index is 12.2. The smallest absolute Gasteiger partial charge is 0.259 e. The lowest BCUT2D eigenvalue weighted by atomic mass is 9.96. The SMILES string of the molecule is COc1ccc(C(Nc2ccc(C(=O)Nc3nncs3)cn2)C(C)C)cc1. The summed E-state index contributed by atoms with van der Waals surface area (Å²) >= 11 is 1.27. The molecule has 2 N–H and O–H groups in total. The van der Waals surface area contributed by atoms with E-state index in [0.29, 0.717) is 22.4 Å². The van der Waals surface area contributed by atoms with E-state index in [9.17, 15) is 4.79 Å². The Morgan fingerprint density at radius 2 is 1.93 bits per heavy atom. The van der Waals surface area contributed by atoms with Crippen LogP contribution in [0.25, 0.3) is 0 Å². The summed E-state index contributed by atoms with van der Waals surface area (Å²) in [6.07, 6.45) is 1.55. The largest absolute Gasteiger partial charge is 0.497 e. The van der Waals surface area contributed by atoms with Crippen LogP contribution >= 0.6 is 11.3 Å². The first-order valence-electron chi connectivity index (χ1n) is 8.51. The van der Waals surface area contributed by atoms with E-state index in [1.807, 2.05) is 24.3 Å². The molecule has 1 unspecified atom stereocenters. The number of benzene rings is 1. The minimum absolute atomic E-state index is 0.0875. The highest BCUT2D eigenvalue weighted by Gasteiger charge is 2.17. The van der Waals surface area contributed by atoms with Crippen LogP contribution in [0.2, 0.25) is 0 Å². The van der Waals surface area contributed by atoms with Gasteiger partial charge in [0.1, 0.15) is 17.1 Å². The summed E-state index contributed by atoms with van der Waals surface area (Å²) in [6.45, 7) is 4.29. The minimum Gasteiger partial charge on any atom is -0.497 e. The zero-order valence-corrected chi connectivity index (χ0v) is 16.2. The van der Waals surface area contributed by atoms with Gasteiger partial charge in [-0.2, -0.15) is 0 Å². The van der Waals surface area contributed by atoms with Crippen molar-refractivity contribution in [1.82, 2.24) is 15.2 Å². The van der Waals surface area contributed by atoms with E-state index in [0.717, 1.165) is 11.3 Å². The summed E-state index contributed by atoms with van der Waals surface area (Å²) in [4.78, 5) is 16.6. The van der Waals surface area contributed by atoms with Crippen LogP contribution in [-0.2, 0) is 0 Å². The van der Waals surface area contributed by atoms with Crippen molar-refractivity contribution in [3.8, 4) is 5.75 Å². The van der Waals surface area contributed by atoms with Gasteiger partial charge < -0.3 is 10.1 Å². The number of carbonyl (C=O) groups excluding carboxylic acids is 1. The van der Waals surface area contributed by atoms with Gasteiger partial charge in [-0.25, -0.2) is 4.98 Å². The Morgan fingerprint density at radius 1 is 1.15 bits per heavy atom. The minimum atomic E-state index is -0.263. The maximum Gasteiger partial charge on any atom is 0.259 e. The lowest BCUT2D eigenvalue weighted by Crippen LogP contribution is -2.18. The molecule has 140 valence electrons. The molecule has 27 heavy (non-hydrogen) atoms. The summed E-state index contributed by atoms with van der Waals surface area (Å²) in [5.41, 5.74) is 3.17. The van der Waals surface area contributed by atoms with Crippen molar-refractivity contribution >= 4 is 28.2 Å². The summed E-state index contributed by atoms with van der Waals surface area (Å²) in [6, 6.07) is 11.6. The second-order valence-corrected chi connectivity index (χ2v) is 7.10. The van der Waals surface area contributed by atoms with Crippen molar-refractivity contribution in [2.75, 3.05) is 17.7 Å². The van der Waals surface area contributed by atoms with E-state index >= 15 is 0 Å². The molecule has 1 amide bonds. The monoisotopic (exact) mass is 383 g/mol. The van der Waals surface area contributed by atoms with Gasteiger partial charge >= 0.3 is 0 Å². The molecular weight excluding hydrogens is 362 g/mol. The molecule has 0 bridgehead atoms. The Kier molecular flexibility index (Phi) is 5.97. The van der Waals surface area contributed by atoms with E-state index in [1.165, 1.54) is 11.3 Å². The standard InChI is InChI=1S/C19H21N5O2S/c1-12(2)17(13-4-7-15(26-3)8-5-13)22-16-9-6-14(10-20-16)18(25)23-19-24-21-11-27-19/h4-12,17H,1-3H3,(H,20,22)(H,23,24,25). The second-order valence-electron chi connectivity index (χ2n) is 6.27. The third kappa shape index (κ3) is 4.79. The summed E-state index contributed by atoms with van der Waals surface area (Å²) in [7, 11) is 1.65. The third-order valence-corrected chi connectivity index (χ3v) is 4.66. The Hall–Kier alpha value is -3.00. The third-order valence-electron chi connectivity index (χ3n) is 4.05. The molecule has 0 fully saturated rings. The Balaban J connectivity index is 1.70. The van der Waals surface area contributed by atoms with Crippen molar-refractivity contribution in [2.24, 2.45) is 5.92 Å². The molecule has 0 radical (unpaired) electrons. The highest BCUT2D eigenvalue weighted by Crippen LogP contribution is 2.27. The van der Waals surface area contributed by atoms with Crippen LogP contribution in [0.15, 0.2) is 48.1 Å². The zero-order valence-electron chi connectivity index (χ0n) is 15.3. The van der Waals surface area contributed by atoms with E-state index in [1.54, 1.807) is 30.9 Å². The second kappa shape index (κ2) is 8.59. The average Bonchev–Trinajstić information content (AvgIpc) is 3.19. The number of anilines is 2. The Morgan fingerprint density at radius 3 is 2.48 bits per heavy atom. The number of rotatable bonds is 7. The van der Waals surface area contributed by atoms with Gasteiger partial charge in [-0.15, -0.1) is 10.2 Å². The van der Waals surface area contributed by atoms with E-state index < -0.39 is 0 Å². The predicted molar refractivity (Wildman–Crippen MR) is 106 cm³/mol. The molecule has 2 heterocycles. The van der Waals surface area contributed by atoms with Gasteiger partial charge in [0.05, 0.1) is 18.7 Å². The predicted octanol–water partition coefficient (Wildman–Crippen LogP) is 4.00. The van der Waals surface area contributed by atoms with Gasteiger partial charge in [-0.1, -0.05) is 37.3 Å². The molecule has 2 aromatic heterocycles. The van der Waals surface area contributed by atoms with Crippen molar-refractivity contribution in [3.63, 3.8) is 0 Å². The van der Waals surface area contributed by atoms with Gasteiger partial charge in [0, 0.05) is 6.20 Å². The molecular formula is C19H21N5O2S. The highest BCUT2D eigenvalue weighted by molar-refractivity contribution is 7.13. The van der Waals surface area contributed by atoms with Crippen molar-refractivity contribution < 1.29 is 9.53 Å². The maximum absolute atomic E-state index is 12.2. The van der Waals surface area contributed by atoms with Gasteiger partial charge in [0.25, 0.3) is 5.91 Å². The van der Waals surface area contributed by atoms with Crippen molar-refractivity contribution in [1.29, 1.82) is 0 Å². The number of methoxy groups -OCH3 is 1. The quantitative estimate of drug-likeness (QED) is 0.641. The van der Waals surface area contributed by atoms with Gasteiger partial charge in [-0.05, 0) is 35.7 Å². The van der Waals surface area contributed by atoms with Gasteiger partial charge in [0.15, 0.2) is 0 Å². The Labute approximate surface area is 161 Å². The number of carbonyl (C=O) groups is 1. The first-order valence-corrected chi connectivity index (χ1v) is 9.39. The van der Waals surface area contributed by atoms with Crippen LogP contribution in [-0.4, -0.2) is 28.2 Å². The van der Waals surface area contributed by atoms with E-state index in [4.69, 9.17) is 4.74 Å². The number of aromatic nitrogens is 3. The molecule has 7 nitrogen and oxygen atoms in total. The number of ether oxygens (including phenoxy) is 1. The molecule has 3 aromatic rings. The van der Waals surface area contributed by atoms with Crippen molar-refractivity contribution in [3.05, 3.63) is 59.2 Å². The van der Waals surface area contributed by atoms with Crippen LogP contribution in [0.5, 0.6) is 5.75 Å². The summed E-state index contributed by atoms with van der Waals surface area (Å²) in [5, 5.41) is 14.1. The zero-order chi connectivity index (χ0) is 19.2. The molecule has 0 aliphatic carbocycles. The van der Waals surface area contributed by atoms with Crippen LogP contribution in [0.1, 0.15) is 35.8 Å². The van der Waals surface area contributed by atoms with Crippen LogP contribution < -0.4 is 15.4 Å². The van der Waals surface area contributed by atoms with Gasteiger partial charge in [-0.3, -0.25) is 10.1 Å². The number of amides is 1. The molecule has 0 aliphatic rings. The molecule has 1 aromatic carbocycles. The fourth-order valence-electron chi connectivity index (χ4n) is 2.62. The number of hydrogen-bond acceptors (Lipinski definition) is 7. The average molecular weight is 383 g/mol. The molecule has 0 saturated carbocycles. The fraction of sp³-hybridized carbons (Fsp3) is 0.263. The first kappa shape index (κ1) is 18.8. The number of nitrogens with one attached hydrogen (secondary N) is 2. The van der Waals surface area contributed by atoms with Crippen LogP contribution in [0, 0.1) is 5.92 Å². The molecule has 0 aliphatic heterocycles. The molecule has 0 spiro atoms. The van der Waals surface area contributed by atoms with Crippen molar-refractivity contribution in [2.45, 2.75) is 19.9 Å². The summed E-state index contributed by atoms with van der Waals surface area (Å²) in [5.74, 6) is 1.61. The lowest BCUT2D eigenvalue weighted by molar-refractivity contribution is 0.102. The van der Waals surface area contributed by atoms with E-state index in [2.05, 4.69) is 39.7 Å². The summed E-state index contributed by atoms with van der Waals surface area (Å²) < 4.78 is 5.22. The van der Waals surface area contributed by atoms with E-state index in [-0.39, 0.29) is 11.9 Å². The highest BCUT2D eigenvalue weighted by atomic mass is 32.1. The normalized spacial score (nSPS) is 11.9. The van der Waals surface area contributed by atoms with Gasteiger partial charge in [0.2, 0.25) is 5.13 Å². The molecule has 3 rings (SSSR count). The molecule has 0 saturated heterocycles. The van der Waals surface area contributed by atoms with Crippen LogP contribution in [0.4, 0.5) is 10.9 Å². The lowest BCUT2D eigenvalue weighted by Gasteiger charge is -2.23. The number of pyridine rings is 1. The van der Waals surface area contributed by atoms with Crippen LogP contribution in [0.3, 0.4) is 0 Å². The first-order chi connectivity index (χ1) is 13.1. The number of hydrogen-bond donors (Lipinski definition) is 2. The fourth-order valence-corrected chi connectivity index (χ4v) is 3.06. The topological polar surface area (TPSA) is 89.0 Å². The molecule has 1 atom stereocenters. The number of nitrogens with zero attached hydrogens (tertiary/aromatic N) is 3.